The first kappa shape index (κ1) is 13.2. The molecule has 2 aromatic carbocycles. The van der Waals surface area contributed by atoms with Crippen molar-refractivity contribution in [1.82, 2.24) is 4.98 Å². The smallest absolute Gasteiger partial charge is 0.259 e. The Morgan fingerprint density at radius 1 is 1.05 bits per heavy atom. The topological polar surface area (TPSA) is 49.9 Å². The molecule has 0 aliphatic carbocycles. The van der Waals surface area contributed by atoms with Crippen LogP contribution in [0.2, 0.25) is 0 Å². The Balaban J connectivity index is 2.47. The van der Waals surface area contributed by atoms with Gasteiger partial charge in [0.2, 0.25) is 0 Å². The Kier molecular flexibility index (Phi) is 3.14. The lowest BCUT2D eigenvalue weighted by molar-refractivity contribution is 0.101. The molecule has 0 saturated heterocycles. The van der Waals surface area contributed by atoms with Crippen LogP contribution in [0.1, 0.15) is 17.3 Å². The van der Waals surface area contributed by atoms with Gasteiger partial charge in [0.25, 0.3) is 5.56 Å². The van der Waals surface area contributed by atoms with E-state index in [9.17, 15) is 14.0 Å². The van der Waals surface area contributed by atoms with E-state index in [1.165, 1.54) is 19.1 Å². The highest BCUT2D eigenvalue weighted by atomic mass is 19.1. The highest BCUT2D eigenvalue weighted by Gasteiger charge is 2.17. The molecule has 1 heterocycles. The van der Waals surface area contributed by atoms with Crippen LogP contribution in [0.25, 0.3) is 22.0 Å². The predicted molar refractivity (Wildman–Crippen MR) is 80.0 cm³/mol. The van der Waals surface area contributed by atoms with Gasteiger partial charge in [-0.15, -0.1) is 0 Å². The number of hydrogen-bond acceptors (Lipinski definition) is 2. The first-order valence-electron chi connectivity index (χ1n) is 6.50. The van der Waals surface area contributed by atoms with E-state index in [1.54, 1.807) is 24.3 Å². The van der Waals surface area contributed by atoms with Crippen molar-refractivity contribution in [3.05, 3.63) is 70.3 Å². The van der Waals surface area contributed by atoms with Crippen molar-refractivity contribution in [2.75, 3.05) is 0 Å². The first-order chi connectivity index (χ1) is 10.1. The van der Waals surface area contributed by atoms with E-state index in [1.807, 2.05) is 12.1 Å². The summed E-state index contributed by atoms with van der Waals surface area (Å²) in [5.41, 5.74) is 1.50. The molecule has 0 unspecified atom stereocenters. The molecule has 104 valence electrons. The molecule has 0 atom stereocenters. The van der Waals surface area contributed by atoms with E-state index in [4.69, 9.17) is 0 Å². The van der Waals surface area contributed by atoms with E-state index in [2.05, 4.69) is 4.98 Å². The van der Waals surface area contributed by atoms with Gasteiger partial charge < -0.3 is 4.98 Å². The van der Waals surface area contributed by atoms with Gasteiger partial charge in [0.1, 0.15) is 5.82 Å². The molecule has 1 N–H and O–H groups in total. The molecule has 3 nitrogen and oxygen atoms in total. The number of fused-ring (bicyclic) bond motifs is 1. The minimum absolute atomic E-state index is 0.0975. The molecule has 4 heteroatoms. The molecule has 0 spiro atoms. The molecule has 0 fully saturated rings. The maximum atomic E-state index is 13.1. The summed E-state index contributed by atoms with van der Waals surface area (Å²) in [5.74, 6) is -0.682. The van der Waals surface area contributed by atoms with Crippen molar-refractivity contribution < 1.29 is 9.18 Å². The summed E-state index contributed by atoms with van der Waals surface area (Å²) < 4.78 is 13.1. The maximum Gasteiger partial charge on any atom is 0.259 e. The molecule has 3 aromatic rings. The fraction of sp³-hybridized carbons (Fsp3) is 0.0588. The molecule has 0 saturated carbocycles. The van der Waals surface area contributed by atoms with Crippen LogP contribution in [0.5, 0.6) is 0 Å². The maximum absolute atomic E-state index is 13.1. The zero-order valence-electron chi connectivity index (χ0n) is 11.3. The molecule has 21 heavy (non-hydrogen) atoms. The van der Waals surface area contributed by atoms with Crippen molar-refractivity contribution in [1.29, 1.82) is 0 Å². The fourth-order valence-corrected chi connectivity index (χ4v) is 2.50. The average molecular weight is 281 g/mol. The molecule has 0 aliphatic rings. The second-order valence-electron chi connectivity index (χ2n) is 4.81. The Morgan fingerprint density at radius 3 is 2.38 bits per heavy atom. The molecule has 0 bridgehead atoms. The zero-order chi connectivity index (χ0) is 15.0. The molecule has 3 rings (SSSR count). The number of para-hydroxylation sites is 1. The van der Waals surface area contributed by atoms with Crippen LogP contribution >= 0.6 is 0 Å². The SMILES string of the molecule is CC(=O)c1c(-c2ccc(F)cc2)c2ccccc2[nH]c1=O. The van der Waals surface area contributed by atoms with Gasteiger partial charge in [-0.3, -0.25) is 9.59 Å². The molecule has 0 radical (unpaired) electrons. The number of Topliss-reactive ketones (excluding diaryl/α,β-unsaturated/α-hetero) is 1. The lowest BCUT2D eigenvalue weighted by atomic mass is 9.94. The second-order valence-corrected chi connectivity index (χ2v) is 4.81. The summed E-state index contributed by atoms with van der Waals surface area (Å²) in [5, 5.41) is 0.758. The molecule has 1 aromatic heterocycles. The van der Waals surface area contributed by atoms with Crippen LogP contribution in [0.4, 0.5) is 4.39 Å². The van der Waals surface area contributed by atoms with Crippen LogP contribution in [0.15, 0.2) is 53.3 Å². The van der Waals surface area contributed by atoms with Crippen LogP contribution in [0.3, 0.4) is 0 Å². The van der Waals surface area contributed by atoms with Crippen molar-refractivity contribution >= 4 is 16.7 Å². The third-order valence-corrected chi connectivity index (χ3v) is 3.41. The Labute approximate surface area is 120 Å². The number of pyridine rings is 1. The largest absolute Gasteiger partial charge is 0.321 e. The summed E-state index contributed by atoms with van der Waals surface area (Å²) in [6.07, 6.45) is 0. The summed E-state index contributed by atoms with van der Waals surface area (Å²) in [6, 6.07) is 13.0. The number of nitrogens with one attached hydrogen (secondary N) is 1. The van der Waals surface area contributed by atoms with Gasteiger partial charge >= 0.3 is 0 Å². The Bertz CT molecular complexity index is 895. The summed E-state index contributed by atoms with van der Waals surface area (Å²) in [6.45, 7) is 1.35. The number of carbonyl (C=O) groups excluding carboxylic acids is 1. The van der Waals surface area contributed by atoms with E-state index in [0.717, 1.165) is 5.39 Å². The van der Waals surface area contributed by atoms with Gasteiger partial charge in [0.05, 0.1) is 5.56 Å². The monoisotopic (exact) mass is 281 g/mol. The van der Waals surface area contributed by atoms with Crippen molar-refractivity contribution in [3.8, 4) is 11.1 Å². The first-order valence-corrected chi connectivity index (χ1v) is 6.50. The van der Waals surface area contributed by atoms with Crippen LogP contribution < -0.4 is 5.56 Å². The van der Waals surface area contributed by atoms with Gasteiger partial charge in [0.15, 0.2) is 5.78 Å². The standard InChI is InChI=1S/C17H12FNO2/c1-10(20)15-16(11-6-8-12(18)9-7-11)13-4-2-3-5-14(13)19-17(15)21/h2-9H,1H3,(H,19,21). The quantitative estimate of drug-likeness (QED) is 0.730. The van der Waals surface area contributed by atoms with Gasteiger partial charge in [-0.1, -0.05) is 30.3 Å². The summed E-state index contributed by atoms with van der Waals surface area (Å²) in [4.78, 5) is 26.8. The second kappa shape index (κ2) is 4.98. The number of aromatic amines is 1. The number of rotatable bonds is 2. The number of halogens is 1. The van der Waals surface area contributed by atoms with Crippen LogP contribution in [-0.4, -0.2) is 10.8 Å². The molecule has 0 aliphatic heterocycles. The average Bonchev–Trinajstić information content (AvgIpc) is 2.46. The third-order valence-electron chi connectivity index (χ3n) is 3.41. The third kappa shape index (κ3) is 2.25. The number of ketones is 1. The van der Waals surface area contributed by atoms with Crippen molar-refractivity contribution in [2.45, 2.75) is 6.92 Å². The van der Waals surface area contributed by atoms with Crippen molar-refractivity contribution in [3.63, 3.8) is 0 Å². The number of aromatic nitrogens is 1. The van der Waals surface area contributed by atoms with E-state index >= 15 is 0 Å². The van der Waals surface area contributed by atoms with Crippen LogP contribution in [0, 0.1) is 5.82 Å². The van der Waals surface area contributed by atoms with Crippen molar-refractivity contribution in [2.24, 2.45) is 0 Å². The highest BCUT2D eigenvalue weighted by molar-refractivity contribution is 6.08. The van der Waals surface area contributed by atoms with Gasteiger partial charge in [0, 0.05) is 16.5 Å². The molecule has 0 amide bonds. The highest BCUT2D eigenvalue weighted by Crippen LogP contribution is 2.29. The number of hydrogen-bond donors (Lipinski definition) is 1. The lowest BCUT2D eigenvalue weighted by Gasteiger charge is -2.11. The fourth-order valence-electron chi connectivity index (χ4n) is 2.50. The Morgan fingerprint density at radius 2 is 1.71 bits per heavy atom. The minimum Gasteiger partial charge on any atom is -0.321 e. The summed E-state index contributed by atoms with van der Waals surface area (Å²) in [7, 11) is 0. The minimum atomic E-state index is -0.430. The Hall–Kier alpha value is -2.75. The normalized spacial score (nSPS) is 10.8. The number of H-pyrrole nitrogens is 1. The van der Waals surface area contributed by atoms with E-state index in [-0.39, 0.29) is 17.2 Å². The van der Waals surface area contributed by atoms with Gasteiger partial charge in [-0.05, 0) is 30.7 Å². The zero-order valence-corrected chi connectivity index (χ0v) is 11.3. The molecular weight excluding hydrogens is 269 g/mol. The number of benzene rings is 2. The van der Waals surface area contributed by atoms with Crippen LogP contribution in [-0.2, 0) is 0 Å². The predicted octanol–water partition coefficient (Wildman–Crippen LogP) is 3.54. The molecular formula is C17H12FNO2. The summed E-state index contributed by atoms with van der Waals surface area (Å²) >= 11 is 0. The number of carbonyl (C=O) groups is 1. The van der Waals surface area contributed by atoms with Gasteiger partial charge in [-0.25, -0.2) is 4.39 Å². The van der Waals surface area contributed by atoms with E-state index < -0.39 is 5.56 Å². The lowest BCUT2D eigenvalue weighted by Crippen LogP contribution is -2.18. The van der Waals surface area contributed by atoms with Gasteiger partial charge in [-0.2, -0.15) is 0 Å². The van der Waals surface area contributed by atoms with E-state index in [0.29, 0.717) is 16.6 Å².